The van der Waals surface area contributed by atoms with E-state index in [9.17, 15) is 4.79 Å². The Hall–Kier alpha value is -0.570. The van der Waals surface area contributed by atoms with Crippen molar-refractivity contribution in [3.8, 4) is 0 Å². The van der Waals surface area contributed by atoms with Crippen LogP contribution in [0.15, 0.2) is 0 Å². The van der Waals surface area contributed by atoms with Gasteiger partial charge in [-0.15, -0.1) is 0 Å². The average Bonchev–Trinajstić information content (AvgIpc) is 1.88. The highest BCUT2D eigenvalue weighted by molar-refractivity contribution is 5.70. The van der Waals surface area contributed by atoms with Gasteiger partial charge in [-0.3, -0.25) is 4.79 Å². The van der Waals surface area contributed by atoms with E-state index in [1.54, 1.807) is 7.05 Å². The summed E-state index contributed by atoms with van der Waals surface area (Å²) in [6, 6.07) is 0.0579. The van der Waals surface area contributed by atoms with Crippen LogP contribution in [0.5, 0.6) is 0 Å². The van der Waals surface area contributed by atoms with E-state index in [-0.39, 0.29) is 12.0 Å². The maximum Gasteiger partial charge on any atom is 0.308 e. The van der Waals surface area contributed by atoms with Crippen LogP contribution in [0.1, 0.15) is 20.3 Å². The lowest BCUT2D eigenvalue weighted by molar-refractivity contribution is -0.142. The second-order valence-electron chi connectivity index (χ2n) is 2.43. The summed E-state index contributed by atoms with van der Waals surface area (Å²) in [7, 11) is 1.77. The Labute approximate surface area is 61.4 Å². The number of nitrogens with one attached hydrogen (secondary N) is 1. The molecule has 0 aromatic carbocycles. The summed E-state index contributed by atoms with van der Waals surface area (Å²) < 4.78 is 0. The van der Waals surface area contributed by atoms with Gasteiger partial charge in [-0.1, -0.05) is 6.92 Å². The van der Waals surface area contributed by atoms with Crippen LogP contribution in [0.25, 0.3) is 0 Å². The van der Waals surface area contributed by atoms with E-state index >= 15 is 0 Å². The van der Waals surface area contributed by atoms with Gasteiger partial charge in [0.2, 0.25) is 0 Å². The number of aliphatic carboxylic acids is 1. The van der Waals surface area contributed by atoms with E-state index in [4.69, 9.17) is 5.11 Å². The number of hydrogen-bond donors (Lipinski definition) is 2. The minimum Gasteiger partial charge on any atom is -0.481 e. The fourth-order valence-corrected chi connectivity index (χ4v) is 0.943. The van der Waals surface area contributed by atoms with Crippen LogP contribution in [-0.4, -0.2) is 24.2 Å². The molecule has 0 saturated carbocycles. The van der Waals surface area contributed by atoms with Gasteiger partial charge in [0.1, 0.15) is 0 Å². The monoisotopic (exact) mass is 145 g/mol. The lowest BCUT2D eigenvalue weighted by Gasteiger charge is -2.16. The molecule has 0 saturated heterocycles. The molecule has 0 aliphatic carbocycles. The van der Waals surface area contributed by atoms with Gasteiger partial charge in [0, 0.05) is 6.04 Å². The number of carboxylic acids is 1. The van der Waals surface area contributed by atoms with Crippen LogP contribution >= 0.6 is 0 Å². The van der Waals surface area contributed by atoms with Crippen LogP contribution in [0.4, 0.5) is 0 Å². The summed E-state index contributed by atoms with van der Waals surface area (Å²) in [6.45, 7) is 3.76. The van der Waals surface area contributed by atoms with Crippen molar-refractivity contribution >= 4 is 5.97 Å². The summed E-state index contributed by atoms with van der Waals surface area (Å²) in [5, 5.41) is 11.6. The first-order valence-electron chi connectivity index (χ1n) is 3.53. The maximum atomic E-state index is 10.5. The third kappa shape index (κ3) is 2.35. The lowest BCUT2D eigenvalue weighted by Crippen LogP contribution is -2.35. The molecule has 0 spiro atoms. The second-order valence-corrected chi connectivity index (χ2v) is 2.43. The van der Waals surface area contributed by atoms with Gasteiger partial charge in [-0.2, -0.15) is 0 Å². The quantitative estimate of drug-likeness (QED) is 0.612. The molecule has 0 aliphatic rings. The minimum atomic E-state index is -0.718. The van der Waals surface area contributed by atoms with Crippen molar-refractivity contribution in [1.29, 1.82) is 0 Å². The summed E-state index contributed by atoms with van der Waals surface area (Å²) in [6.07, 6.45) is 0.678. The van der Waals surface area contributed by atoms with Crippen LogP contribution in [0, 0.1) is 5.92 Å². The number of rotatable bonds is 4. The molecular formula is C7H15NO2. The smallest absolute Gasteiger partial charge is 0.308 e. The van der Waals surface area contributed by atoms with Gasteiger partial charge < -0.3 is 10.4 Å². The van der Waals surface area contributed by atoms with Crippen molar-refractivity contribution < 1.29 is 9.90 Å². The predicted molar refractivity (Wildman–Crippen MR) is 39.9 cm³/mol. The van der Waals surface area contributed by atoms with E-state index in [1.165, 1.54) is 0 Å². The highest BCUT2D eigenvalue weighted by Gasteiger charge is 2.20. The summed E-state index contributed by atoms with van der Waals surface area (Å²) in [4.78, 5) is 10.5. The Bertz CT molecular complexity index is 114. The molecule has 2 unspecified atom stereocenters. The zero-order chi connectivity index (χ0) is 8.15. The Morgan fingerprint density at radius 1 is 1.70 bits per heavy atom. The minimum absolute atomic E-state index is 0.0579. The van der Waals surface area contributed by atoms with Gasteiger partial charge in [0.15, 0.2) is 0 Å². The molecule has 0 heterocycles. The Morgan fingerprint density at radius 2 is 2.20 bits per heavy atom. The Balaban J connectivity index is 3.92. The molecule has 60 valence electrons. The standard InChI is InChI=1S/C7H15NO2/c1-4-6(7(9)10)5(2)8-3/h5-6,8H,4H2,1-3H3,(H,9,10). The topological polar surface area (TPSA) is 49.3 Å². The first kappa shape index (κ1) is 9.43. The largest absolute Gasteiger partial charge is 0.481 e. The van der Waals surface area contributed by atoms with Crippen molar-refractivity contribution in [2.75, 3.05) is 7.05 Å². The van der Waals surface area contributed by atoms with E-state index < -0.39 is 5.97 Å². The highest BCUT2D eigenvalue weighted by atomic mass is 16.4. The second kappa shape index (κ2) is 4.28. The maximum absolute atomic E-state index is 10.5. The van der Waals surface area contributed by atoms with Crippen LogP contribution in [0.3, 0.4) is 0 Å². The van der Waals surface area contributed by atoms with Crippen molar-refractivity contribution in [1.82, 2.24) is 5.32 Å². The normalized spacial score (nSPS) is 16.3. The molecule has 0 aromatic heterocycles. The molecule has 0 rings (SSSR count). The van der Waals surface area contributed by atoms with E-state index in [1.807, 2.05) is 13.8 Å². The molecule has 2 atom stereocenters. The number of hydrogen-bond acceptors (Lipinski definition) is 2. The molecule has 0 fully saturated rings. The SMILES string of the molecule is CCC(C(=O)O)C(C)NC. The summed E-state index contributed by atoms with van der Waals surface area (Å²) >= 11 is 0. The molecule has 0 amide bonds. The zero-order valence-corrected chi connectivity index (χ0v) is 6.72. The van der Waals surface area contributed by atoms with Gasteiger partial charge in [0.25, 0.3) is 0 Å². The van der Waals surface area contributed by atoms with Crippen molar-refractivity contribution in [2.45, 2.75) is 26.3 Å². The molecule has 0 radical (unpaired) electrons. The van der Waals surface area contributed by atoms with Crippen molar-refractivity contribution in [2.24, 2.45) is 5.92 Å². The van der Waals surface area contributed by atoms with E-state index in [2.05, 4.69) is 5.32 Å². The molecule has 3 heteroatoms. The van der Waals surface area contributed by atoms with Crippen LogP contribution < -0.4 is 5.32 Å². The number of carbonyl (C=O) groups is 1. The Morgan fingerprint density at radius 3 is 2.30 bits per heavy atom. The molecule has 3 nitrogen and oxygen atoms in total. The van der Waals surface area contributed by atoms with Crippen LogP contribution in [0.2, 0.25) is 0 Å². The fraction of sp³-hybridized carbons (Fsp3) is 0.857. The lowest BCUT2D eigenvalue weighted by atomic mass is 9.99. The van der Waals surface area contributed by atoms with Gasteiger partial charge in [-0.25, -0.2) is 0 Å². The van der Waals surface area contributed by atoms with Crippen molar-refractivity contribution in [3.05, 3.63) is 0 Å². The zero-order valence-electron chi connectivity index (χ0n) is 6.72. The molecule has 0 aromatic rings. The average molecular weight is 145 g/mol. The summed E-state index contributed by atoms with van der Waals surface area (Å²) in [5.74, 6) is -0.977. The molecule has 2 N–H and O–H groups in total. The Kier molecular flexibility index (Phi) is 4.03. The van der Waals surface area contributed by atoms with Crippen molar-refractivity contribution in [3.63, 3.8) is 0 Å². The molecular weight excluding hydrogens is 130 g/mol. The number of carboxylic acid groups (broad SMARTS) is 1. The van der Waals surface area contributed by atoms with E-state index in [0.29, 0.717) is 6.42 Å². The molecule has 10 heavy (non-hydrogen) atoms. The molecule has 0 aliphatic heterocycles. The predicted octanol–water partition coefficient (Wildman–Crippen LogP) is 0.705. The first-order valence-corrected chi connectivity index (χ1v) is 3.53. The third-order valence-electron chi connectivity index (χ3n) is 1.82. The summed E-state index contributed by atoms with van der Waals surface area (Å²) in [5.41, 5.74) is 0. The van der Waals surface area contributed by atoms with Gasteiger partial charge >= 0.3 is 5.97 Å². The first-order chi connectivity index (χ1) is 4.63. The fourth-order valence-electron chi connectivity index (χ4n) is 0.943. The third-order valence-corrected chi connectivity index (χ3v) is 1.82. The van der Waals surface area contributed by atoms with Gasteiger partial charge in [-0.05, 0) is 20.4 Å². The van der Waals surface area contributed by atoms with Gasteiger partial charge in [0.05, 0.1) is 5.92 Å². The molecule has 0 bridgehead atoms. The van der Waals surface area contributed by atoms with E-state index in [0.717, 1.165) is 0 Å². The highest BCUT2D eigenvalue weighted by Crippen LogP contribution is 2.07. The van der Waals surface area contributed by atoms with Crippen LogP contribution in [-0.2, 0) is 4.79 Å².